The third kappa shape index (κ3) is 3.81. The van der Waals surface area contributed by atoms with E-state index in [0.29, 0.717) is 24.0 Å². The number of thiazole rings is 1. The Balaban J connectivity index is 1.30. The first-order valence-corrected chi connectivity index (χ1v) is 10.5. The van der Waals surface area contributed by atoms with Crippen molar-refractivity contribution in [1.82, 2.24) is 9.97 Å². The van der Waals surface area contributed by atoms with Crippen molar-refractivity contribution in [1.29, 1.82) is 0 Å². The molecule has 2 aliphatic rings. The highest BCUT2D eigenvalue weighted by Gasteiger charge is 2.17. The van der Waals surface area contributed by atoms with Crippen LogP contribution >= 0.6 is 11.3 Å². The maximum absolute atomic E-state index is 12.7. The van der Waals surface area contributed by atoms with E-state index in [2.05, 4.69) is 26.3 Å². The van der Waals surface area contributed by atoms with Crippen molar-refractivity contribution < 1.29 is 14.3 Å². The number of pyridine rings is 1. The number of nitrogens with one attached hydrogen (secondary N) is 1. The Morgan fingerprint density at radius 3 is 2.93 bits per heavy atom. The van der Waals surface area contributed by atoms with Gasteiger partial charge in [0.25, 0.3) is 5.91 Å². The maximum atomic E-state index is 12.7. The van der Waals surface area contributed by atoms with Crippen LogP contribution in [0, 0.1) is 0 Å². The van der Waals surface area contributed by atoms with Crippen molar-refractivity contribution in [2.24, 2.45) is 0 Å². The van der Waals surface area contributed by atoms with E-state index in [0.717, 1.165) is 48.8 Å². The van der Waals surface area contributed by atoms with Crippen LogP contribution in [0.4, 0.5) is 10.8 Å². The molecule has 3 aromatic rings. The van der Waals surface area contributed by atoms with Gasteiger partial charge < -0.3 is 14.4 Å². The number of rotatable bonds is 4. The highest BCUT2D eigenvalue weighted by atomic mass is 32.1. The first kappa shape index (κ1) is 18.1. The molecule has 0 saturated carbocycles. The number of aromatic nitrogens is 2. The molecule has 0 atom stereocenters. The Hall–Kier alpha value is -2.97. The lowest BCUT2D eigenvalue weighted by Crippen LogP contribution is -2.36. The highest BCUT2D eigenvalue weighted by Crippen LogP contribution is 2.32. The molecule has 0 unspecified atom stereocenters. The van der Waals surface area contributed by atoms with Gasteiger partial charge in [0.2, 0.25) is 0 Å². The smallest absolute Gasteiger partial charge is 0.276 e. The summed E-state index contributed by atoms with van der Waals surface area (Å²) >= 11 is 1.40. The number of nitrogens with zero attached hydrogens (tertiary/aromatic N) is 3. The number of anilines is 2. The van der Waals surface area contributed by atoms with Crippen LogP contribution in [0.25, 0.3) is 11.3 Å². The number of fused-ring (bicyclic) bond motifs is 1. The number of hydrogen-bond donors (Lipinski definition) is 1. The second kappa shape index (κ2) is 7.81. The van der Waals surface area contributed by atoms with Crippen molar-refractivity contribution in [3.05, 3.63) is 53.2 Å². The van der Waals surface area contributed by atoms with Gasteiger partial charge in [-0.1, -0.05) is 0 Å². The molecule has 1 saturated heterocycles. The van der Waals surface area contributed by atoms with Crippen LogP contribution in [0.2, 0.25) is 0 Å². The second-order valence-corrected chi connectivity index (χ2v) is 7.77. The highest BCUT2D eigenvalue weighted by molar-refractivity contribution is 7.14. The first-order valence-electron chi connectivity index (χ1n) is 9.58. The standard InChI is InChI=1S/C21H20N4O3S/c26-20(17-12-16(3-5-22-17)25-6-9-27-10-7-25)24-21-23-18(13-29-21)14-1-2-19-15(11-14)4-8-28-19/h1-3,5,11-13H,4,6-10H2,(H,23,24,26). The van der Waals surface area contributed by atoms with Crippen LogP contribution in [0.5, 0.6) is 5.75 Å². The van der Waals surface area contributed by atoms with E-state index in [1.807, 2.05) is 29.6 Å². The molecular formula is C21H20N4O3S. The molecule has 0 aliphatic carbocycles. The minimum absolute atomic E-state index is 0.261. The molecule has 8 heteroatoms. The van der Waals surface area contributed by atoms with Gasteiger partial charge in [0.1, 0.15) is 11.4 Å². The molecule has 0 radical (unpaired) electrons. The summed E-state index contributed by atoms with van der Waals surface area (Å²) in [6.07, 6.45) is 2.58. The molecule has 1 fully saturated rings. The summed E-state index contributed by atoms with van der Waals surface area (Å²) in [6, 6.07) is 9.82. The molecule has 5 rings (SSSR count). The molecule has 29 heavy (non-hydrogen) atoms. The van der Waals surface area contributed by atoms with Gasteiger partial charge in [-0.3, -0.25) is 15.1 Å². The number of morpholine rings is 1. The van der Waals surface area contributed by atoms with E-state index in [4.69, 9.17) is 9.47 Å². The summed E-state index contributed by atoms with van der Waals surface area (Å²) in [5.74, 6) is 0.687. The van der Waals surface area contributed by atoms with E-state index < -0.39 is 0 Å². The van der Waals surface area contributed by atoms with E-state index in [9.17, 15) is 4.79 Å². The molecule has 0 bridgehead atoms. The Morgan fingerprint density at radius 2 is 2.03 bits per heavy atom. The van der Waals surface area contributed by atoms with E-state index >= 15 is 0 Å². The number of amides is 1. The normalized spacial score (nSPS) is 15.7. The molecular weight excluding hydrogens is 388 g/mol. The summed E-state index contributed by atoms with van der Waals surface area (Å²) in [5, 5.41) is 5.37. The largest absolute Gasteiger partial charge is 0.493 e. The van der Waals surface area contributed by atoms with Gasteiger partial charge in [0.15, 0.2) is 5.13 Å². The summed E-state index contributed by atoms with van der Waals surface area (Å²) < 4.78 is 10.9. The summed E-state index contributed by atoms with van der Waals surface area (Å²) in [6.45, 7) is 3.74. The number of benzene rings is 1. The van der Waals surface area contributed by atoms with Crippen LogP contribution < -0.4 is 15.0 Å². The number of carbonyl (C=O) groups is 1. The van der Waals surface area contributed by atoms with Crippen LogP contribution in [0.3, 0.4) is 0 Å². The van der Waals surface area contributed by atoms with Gasteiger partial charge in [-0.25, -0.2) is 4.98 Å². The number of carbonyl (C=O) groups excluding carboxylic acids is 1. The fourth-order valence-corrected chi connectivity index (χ4v) is 4.25. The fourth-order valence-electron chi connectivity index (χ4n) is 3.53. The second-order valence-electron chi connectivity index (χ2n) is 6.91. The predicted molar refractivity (Wildman–Crippen MR) is 112 cm³/mol. The Kier molecular flexibility index (Phi) is 4.87. The molecule has 4 heterocycles. The molecule has 2 aromatic heterocycles. The number of hydrogen-bond acceptors (Lipinski definition) is 7. The van der Waals surface area contributed by atoms with Crippen molar-refractivity contribution in [3.63, 3.8) is 0 Å². The lowest BCUT2D eigenvalue weighted by Gasteiger charge is -2.28. The zero-order valence-corrected chi connectivity index (χ0v) is 16.6. The van der Waals surface area contributed by atoms with Crippen LogP contribution in [0.15, 0.2) is 41.9 Å². The van der Waals surface area contributed by atoms with Gasteiger partial charge in [0.05, 0.1) is 25.5 Å². The Labute approximate surface area is 172 Å². The van der Waals surface area contributed by atoms with Gasteiger partial charge in [0, 0.05) is 42.3 Å². The Bertz CT molecular complexity index is 1050. The average Bonchev–Trinajstić information content (AvgIpc) is 3.43. The topological polar surface area (TPSA) is 76.6 Å². The first-order chi connectivity index (χ1) is 14.3. The molecule has 7 nitrogen and oxygen atoms in total. The predicted octanol–water partition coefficient (Wildman–Crippen LogP) is 3.23. The van der Waals surface area contributed by atoms with E-state index in [1.165, 1.54) is 16.9 Å². The van der Waals surface area contributed by atoms with Gasteiger partial charge in [-0.15, -0.1) is 11.3 Å². The monoisotopic (exact) mass is 408 g/mol. The molecule has 1 aromatic carbocycles. The van der Waals surface area contributed by atoms with E-state index in [1.54, 1.807) is 6.20 Å². The van der Waals surface area contributed by atoms with E-state index in [-0.39, 0.29) is 5.91 Å². The Morgan fingerprint density at radius 1 is 1.14 bits per heavy atom. The zero-order chi connectivity index (χ0) is 19.6. The van der Waals surface area contributed by atoms with Crippen molar-refractivity contribution in [2.75, 3.05) is 43.1 Å². The van der Waals surface area contributed by atoms with Gasteiger partial charge >= 0.3 is 0 Å². The quantitative estimate of drug-likeness (QED) is 0.714. The van der Waals surface area contributed by atoms with Crippen molar-refractivity contribution in [2.45, 2.75) is 6.42 Å². The minimum atomic E-state index is -0.261. The molecule has 148 valence electrons. The van der Waals surface area contributed by atoms with Gasteiger partial charge in [-0.2, -0.15) is 0 Å². The fraction of sp³-hybridized carbons (Fsp3) is 0.286. The third-order valence-corrected chi connectivity index (χ3v) is 5.82. The molecule has 2 aliphatic heterocycles. The zero-order valence-electron chi connectivity index (χ0n) is 15.8. The van der Waals surface area contributed by atoms with Crippen LogP contribution in [-0.2, 0) is 11.2 Å². The molecule has 1 N–H and O–H groups in total. The third-order valence-electron chi connectivity index (χ3n) is 5.06. The average molecular weight is 408 g/mol. The SMILES string of the molecule is O=C(Nc1nc(-c2ccc3c(c2)CCO3)cs1)c1cc(N2CCOCC2)ccn1. The lowest BCUT2D eigenvalue weighted by atomic mass is 10.1. The van der Waals surface area contributed by atoms with Gasteiger partial charge in [-0.05, 0) is 35.9 Å². The summed E-state index contributed by atoms with van der Waals surface area (Å²) in [7, 11) is 0. The molecule has 0 spiro atoms. The van der Waals surface area contributed by atoms with Crippen molar-refractivity contribution >= 4 is 28.1 Å². The van der Waals surface area contributed by atoms with Crippen molar-refractivity contribution in [3.8, 4) is 17.0 Å². The number of ether oxygens (including phenoxy) is 2. The molecule has 1 amide bonds. The van der Waals surface area contributed by atoms with Crippen LogP contribution in [0.1, 0.15) is 16.1 Å². The summed E-state index contributed by atoms with van der Waals surface area (Å²) in [5.41, 5.74) is 4.42. The maximum Gasteiger partial charge on any atom is 0.276 e. The summed E-state index contributed by atoms with van der Waals surface area (Å²) in [4.78, 5) is 23.7. The lowest BCUT2D eigenvalue weighted by molar-refractivity contribution is 0.102. The minimum Gasteiger partial charge on any atom is -0.493 e. The van der Waals surface area contributed by atoms with Crippen LogP contribution in [-0.4, -0.2) is 48.8 Å².